The lowest BCUT2D eigenvalue weighted by molar-refractivity contribution is -0.161. The van der Waals surface area contributed by atoms with E-state index in [-0.39, 0.29) is 36.5 Å². The van der Waals surface area contributed by atoms with Gasteiger partial charge in [0.15, 0.2) is 5.78 Å². The molecule has 0 heterocycles. The van der Waals surface area contributed by atoms with Gasteiger partial charge in [0, 0.05) is 5.41 Å². The van der Waals surface area contributed by atoms with Crippen LogP contribution < -0.4 is 0 Å². The van der Waals surface area contributed by atoms with Crippen LogP contribution in [0.5, 0.6) is 0 Å². The number of fused-ring (bicyclic) bond motifs is 1. The molecule has 4 atom stereocenters. The van der Waals surface area contributed by atoms with Crippen LogP contribution in [0.4, 0.5) is 26.3 Å². The predicted octanol–water partition coefficient (Wildman–Crippen LogP) is 6.36. The van der Waals surface area contributed by atoms with Gasteiger partial charge in [0.1, 0.15) is 0 Å². The van der Waals surface area contributed by atoms with Crippen LogP contribution >= 0.6 is 0 Å². The molecule has 0 unspecified atom stereocenters. The first-order chi connectivity index (χ1) is 17.7. The molecular weight excluding hydrogens is 514 g/mol. The summed E-state index contributed by atoms with van der Waals surface area (Å²) < 4.78 is 91.8. The van der Waals surface area contributed by atoms with Crippen LogP contribution in [0.15, 0.2) is 60.7 Å². The van der Waals surface area contributed by atoms with Gasteiger partial charge in [-0.1, -0.05) is 55.5 Å². The average molecular weight is 543 g/mol. The summed E-state index contributed by atoms with van der Waals surface area (Å²) in [6.45, 7) is 1.74. The number of carbonyl (C=O) groups excluding carboxylic acids is 1. The molecule has 1 N–H and O–H groups in total. The van der Waals surface area contributed by atoms with Crippen molar-refractivity contribution in [2.75, 3.05) is 13.2 Å². The van der Waals surface area contributed by atoms with Crippen LogP contribution in [0, 0.1) is 16.7 Å². The Balaban J connectivity index is 1.56. The topological polar surface area (TPSA) is 55.8 Å². The number of alkyl halides is 6. The smallest absolute Gasteiger partial charge is 0.388 e. The molecule has 0 amide bonds. The maximum Gasteiger partial charge on any atom is 0.416 e. The highest BCUT2D eigenvalue weighted by Gasteiger charge is 2.72. The number of hydrogen-bond donors (Lipinski definition) is 1. The quantitative estimate of drug-likeness (QED) is 0.312. The molecule has 2 aliphatic rings. The zero-order valence-corrected chi connectivity index (χ0v) is 20.8. The van der Waals surface area contributed by atoms with Gasteiger partial charge in [-0.05, 0) is 36.6 Å². The number of ketones is 1. The summed E-state index contributed by atoms with van der Waals surface area (Å²) in [5.41, 5.74) is -6.19. The normalized spacial score (nSPS) is 29.2. The largest absolute Gasteiger partial charge is 0.416 e. The second-order valence-electron chi connectivity index (χ2n) is 10.4. The van der Waals surface area contributed by atoms with Crippen LogP contribution in [0.1, 0.15) is 42.5 Å². The van der Waals surface area contributed by atoms with E-state index in [1.807, 2.05) is 0 Å². The van der Waals surface area contributed by atoms with Crippen molar-refractivity contribution in [1.29, 1.82) is 0 Å². The van der Waals surface area contributed by atoms with Gasteiger partial charge in [-0.15, -0.1) is 0 Å². The summed E-state index contributed by atoms with van der Waals surface area (Å²) in [5, 5.41) is 11.7. The third-order valence-corrected chi connectivity index (χ3v) is 8.21. The molecule has 2 aromatic rings. The lowest BCUT2D eigenvalue weighted by Gasteiger charge is -2.46. The van der Waals surface area contributed by atoms with Gasteiger partial charge < -0.3 is 14.6 Å². The molecular formula is C28H28F6O4. The van der Waals surface area contributed by atoms with E-state index in [0.29, 0.717) is 0 Å². The molecule has 1 fully saturated rings. The van der Waals surface area contributed by atoms with Crippen molar-refractivity contribution in [3.05, 3.63) is 82.9 Å². The highest BCUT2D eigenvalue weighted by atomic mass is 19.4. The number of aliphatic hydroxyl groups is 1. The van der Waals surface area contributed by atoms with E-state index in [4.69, 9.17) is 9.47 Å². The maximum absolute atomic E-state index is 13.5. The highest BCUT2D eigenvalue weighted by Crippen LogP contribution is 2.62. The Kier molecular flexibility index (Phi) is 7.31. The molecule has 0 spiro atoms. The van der Waals surface area contributed by atoms with Crippen LogP contribution in [-0.4, -0.2) is 29.7 Å². The Morgan fingerprint density at radius 3 is 1.82 bits per heavy atom. The van der Waals surface area contributed by atoms with Gasteiger partial charge in [-0.2, -0.15) is 26.3 Å². The molecule has 0 aliphatic heterocycles. The van der Waals surface area contributed by atoms with Crippen LogP contribution in [0.3, 0.4) is 0 Å². The van der Waals surface area contributed by atoms with Gasteiger partial charge in [-0.3, -0.25) is 4.79 Å². The first-order valence-corrected chi connectivity index (χ1v) is 12.0. The third kappa shape index (κ3) is 4.67. The zero-order valence-electron chi connectivity index (χ0n) is 20.8. The summed E-state index contributed by atoms with van der Waals surface area (Å²) in [4.78, 5) is 13.5. The van der Waals surface area contributed by atoms with Gasteiger partial charge >= 0.3 is 12.4 Å². The fourth-order valence-corrected chi connectivity index (χ4v) is 5.73. The van der Waals surface area contributed by atoms with Crippen molar-refractivity contribution in [3.8, 4) is 0 Å². The average Bonchev–Trinajstić information content (AvgIpc) is 3.29. The number of ether oxygens (including phenoxy) is 2. The Hall–Kier alpha value is -2.69. The standard InChI is InChI=1S/C28H28F6O4/c1-24(16-37-14-18-8-3-5-10-20(18)27(29,30)31)23(35)22-12-7-13-26(22,36)25(24,2)17-38-15-19-9-4-6-11-21(19)28(32,33)34/h3-12,22,36H,13-17H2,1-2H3/t22-,24+,25+,26+/m0/s1. The van der Waals surface area contributed by atoms with E-state index in [1.165, 1.54) is 36.4 Å². The van der Waals surface area contributed by atoms with E-state index in [0.717, 1.165) is 12.1 Å². The summed E-state index contributed by atoms with van der Waals surface area (Å²) in [7, 11) is 0. The summed E-state index contributed by atoms with van der Waals surface area (Å²) in [6, 6.07) is 9.90. The van der Waals surface area contributed by atoms with E-state index < -0.39 is 59.0 Å². The lowest BCUT2D eigenvalue weighted by atomic mass is 9.62. The zero-order chi connectivity index (χ0) is 28.0. The van der Waals surface area contributed by atoms with Gasteiger partial charge in [0.2, 0.25) is 0 Å². The summed E-state index contributed by atoms with van der Waals surface area (Å²) in [6.07, 6.45) is -5.79. The molecule has 38 heavy (non-hydrogen) atoms. The molecule has 10 heteroatoms. The number of hydrogen-bond acceptors (Lipinski definition) is 4. The lowest BCUT2D eigenvalue weighted by Crippen LogP contribution is -2.54. The minimum atomic E-state index is -4.58. The van der Waals surface area contributed by atoms with Gasteiger partial charge in [0.05, 0.1) is 54.5 Å². The number of carbonyl (C=O) groups is 1. The van der Waals surface area contributed by atoms with Crippen molar-refractivity contribution in [2.45, 2.75) is 51.4 Å². The maximum atomic E-state index is 13.5. The van der Waals surface area contributed by atoms with Crippen molar-refractivity contribution >= 4 is 5.78 Å². The minimum absolute atomic E-state index is 0.0947. The molecule has 4 nitrogen and oxygen atoms in total. The third-order valence-electron chi connectivity index (χ3n) is 8.21. The fraction of sp³-hybridized carbons (Fsp3) is 0.464. The highest BCUT2D eigenvalue weighted by molar-refractivity contribution is 5.94. The molecule has 0 saturated heterocycles. The predicted molar refractivity (Wildman–Crippen MR) is 126 cm³/mol. The SMILES string of the molecule is C[C@]1(COCc2ccccc2C(F)(F)F)[C@@]2(O)CC=C[C@H]2C(=O)[C@@]1(C)COCc1ccccc1C(F)(F)F. The second-order valence-corrected chi connectivity index (χ2v) is 10.4. The molecule has 1 saturated carbocycles. The number of benzene rings is 2. The van der Waals surface area contributed by atoms with Crippen molar-refractivity contribution < 1.29 is 45.7 Å². The number of rotatable bonds is 8. The van der Waals surface area contributed by atoms with Crippen molar-refractivity contribution in [3.63, 3.8) is 0 Å². The summed E-state index contributed by atoms with van der Waals surface area (Å²) in [5.74, 6) is -1.26. The van der Waals surface area contributed by atoms with Crippen molar-refractivity contribution in [2.24, 2.45) is 16.7 Å². The van der Waals surface area contributed by atoms with E-state index >= 15 is 0 Å². The van der Waals surface area contributed by atoms with Gasteiger partial charge in [0.25, 0.3) is 0 Å². The van der Waals surface area contributed by atoms with E-state index in [9.17, 15) is 36.2 Å². The van der Waals surface area contributed by atoms with Crippen LogP contribution in [0.2, 0.25) is 0 Å². The van der Waals surface area contributed by atoms with Crippen LogP contribution in [0.25, 0.3) is 0 Å². The molecule has 0 bridgehead atoms. The monoisotopic (exact) mass is 542 g/mol. The van der Waals surface area contributed by atoms with E-state index in [1.54, 1.807) is 26.0 Å². The van der Waals surface area contributed by atoms with E-state index in [2.05, 4.69) is 0 Å². The Morgan fingerprint density at radius 2 is 1.32 bits per heavy atom. The molecule has 4 rings (SSSR count). The molecule has 206 valence electrons. The fourth-order valence-electron chi connectivity index (χ4n) is 5.73. The first-order valence-electron chi connectivity index (χ1n) is 12.0. The molecule has 2 aliphatic carbocycles. The second kappa shape index (κ2) is 9.81. The Labute approximate surface area is 216 Å². The molecule has 2 aromatic carbocycles. The minimum Gasteiger partial charge on any atom is -0.388 e. The van der Waals surface area contributed by atoms with Crippen LogP contribution in [-0.2, 0) is 39.8 Å². The number of Topliss-reactive ketones (excluding diaryl/α,β-unsaturated/α-hetero) is 1. The van der Waals surface area contributed by atoms with Crippen molar-refractivity contribution in [1.82, 2.24) is 0 Å². The first kappa shape index (κ1) is 28.3. The Bertz CT molecular complexity index is 1220. The number of halogens is 6. The molecule has 0 radical (unpaired) electrons. The Morgan fingerprint density at radius 1 is 0.842 bits per heavy atom. The van der Waals surface area contributed by atoms with Gasteiger partial charge in [-0.25, -0.2) is 0 Å². The summed E-state index contributed by atoms with van der Waals surface area (Å²) >= 11 is 0. The molecule has 0 aromatic heterocycles.